The van der Waals surface area contributed by atoms with Crippen molar-refractivity contribution in [3.63, 3.8) is 0 Å². The Morgan fingerprint density at radius 1 is 1.19 bits per heavy atom. The quantitative estimate of drug-likeness (QED) is 0.873. The molecule has 110 valence electrons. The molecule has 21 heavy (non-hydrogen) atoms. The van der Waals surface area contributed by atoms with Gasteiger partial charge < -0.3 is 10.1 Å². The normalized spacial score (nSPS) is 11.8. The zero-order valence-electron chi connectivity index (χ0n) is 12.1. The molecule has 0 aromatic heterocycles. The van der Waals surface area contributed by atoms with Crippen molar-refractivity contribution in [3.05, 3.63) is 64.1 Å². The molecule has 0 fully saturated rings. The molecule has 0 saturated heterocycles. The molecule has 0 heterocycles. The highest BCUT2D eigenvalue weighted by Crippen LogP contribution is 2.22. The molecule has 2 rings (SSSR count). The molecule has 1 atom stereocenters. The number of halogens is 1. The molecule has 1 amide bonds. The van der Waals surface area contributed by atoms with Gasteiger partial charge in [0.1, 0.15) is 5.75 Å². The molecule has 0 unspecified atom stereocenters. The van der Waals surface area contributed by atoms with Crippen molar-refractivity contribution in [3.8, 4) is 5.75 Å². The predicted octanol–water partition coefficient (Wildman–Crippen LogP) is 4.34. The fourth-order valence-electron chi connectivity index (χ4n) is 2.14. The van der Waals surface area contributed by atoms with Gasteiger partial charge >= 0.3 is 0 Å². The van der Waals surface area contributed by atoms with Crippen molar-refractivity contribution >= 4 is 21.8 Å². The lowest BCUT2D eigenvalue weighted by molar-refractivity contribution is 0.0935. The molecule has 2 aromatic rings. The summed E-state index contributed by atoms with van der Waals surface area (Å²) in [4.78, 5) is 12.4. The van der Waals surface area contributed by atoms with Crippen molar-refractivity contribution in [2.45, 2.75) is 19.4 Å². The summed E-state index contributed by atoms with van der Waals surface area (Å²) in [5.74, 6) is 0.732. The van der Waals surface area contributed by atoms with E-state index in [1.54, 1.807) is 13.2 Å². The van der Waals surface area contributed by atoms with E-state index in [4.69, 9.17) is 4.74 Å². The number of carbonyl (C=O) groups excluding carboxylic acids is 1. The van der Waals surface area contributed by atoms with Gasteiger partial charge in [0.2, 0.25) is 0 Å². The lowest BCUT2D eigenvalue weighted by Crippen LogP contribution is -2.28. The molecule has 0 spiro atoms. The third-order valence-corrected chi connectivity index (χ3v) is 4.04. The van der Waals surface area contributed by atoms with E-state index in [0.717, 1.165) is 22.2 Å². The van der Waals surface area contributed by atoms with E-state index in [-0.39, 0.29) is 11.9 Å². The highest BCUT2D eigenvalue weighted by Gasteiger charge is 2.15. The summed E-state index contributed by atoms with van der Waals surface area (Å²) in [5.41, 5.74) is 1.71. The van der Waals surface area contributed by atoms with Gasteiger partial charge in [0, 0.05) is 4.47 Å². The number of methoxy groups -OCH3 is 1. The molecular weight excluding hydrogens is 330 g/mol. The van der Waals surface area contributed by atoms with Crippen LogP contribution in [0.1, 0.15) is 35.3 Å². The van der Waals surface area contributed by atoms with Crippen LogP contribution in [0.2, 0.25) is 0 Å². The van der Waals surface area contributed by atoms with Crippen molar-refractivity contribution in [1.82, 2.24) is 5.32 Å². The first kappa shape index (κ1) is 15.6. The maximum absolute atomic E-state index is 12.4. The molecule has 1 N–H and O–H groups in total. The molecule has 2 aromatic carbocycles. The SMILES string of the molecule is CC[C@H](NC(=O)c1ccccc1Br)c1ccc(OC)cc1. The summed E-state index contributed by atoms with van der Waals surface area (Å²) in [6.07, 6.45) is 0.822. The molecule has 0 saturated carbocycles. The minimum Gasteiger partial charge on any atom is -0.497 e. The lowest BCUT2D eigenvalue weighted by Gasteiger charge is -2.18. The van der Waals surface area contributed by atoms with Crippen LogP contribution in [0.15, 0.2) is 53.0 Å². The van der Waals surface area contributed by atoms with Crippen LogP contribution in [-0.2, 0) is 0 Å². The van der Waals surface area contributed by atoms with Crippen LogP contribution in [0.25, 0.3) is 0 Å². The topological polar surface area (TPSA) is 38.3 Å². The summed E-state index contributed by atoms with van der Waals surface area (Å²) in [7, 11) is 1.64. The Morgan fingerprint density at radius 2 is 1.86 bits per heavy atom. The first-order valence-electron chi connectivity index (χ1n) is 6.85. The van der Waals surface area contributed by atoms with Gasteiger partial charge in [0.15, 0.2) is 0 Å². The molecule has 0 aliphatic heterocycles. The van der Waals surface area contributed by atoms with E-state index < -0.39 is 0 Å². The Balaban J connectivity index is 2.15. The number of benzene rings is 2. The number of rotatable bonds is 5. The summed E-state index contributed by atoms with van der Waals surface area (Å²) < 4.78 is 5.95. The van der Waals surface area contributed by atoms with E-state index in [1.165, 1.54) is 0 Å². The van der Waals surface area contributed by atoms with Crippen molar-refractivity contribution in [2.24, 2.45) is 0 Å². The highest BCUT2D eigenvalue weighted by atomic mass is 79.9. The second kappa shape index (κ2) is 7.27. The zero-order chi connectivity index (χ0) is 15.2. The van der Waals surface area contributed by atoms with E-state index in [0.29, 0.717) is 5.56 Å². The van der Waals surface area contributed by atoms with Gasteiger partial charge in [-0.25, -0.2) is 0 Å². The van der Waals surface area contributed by atoms with Crippen molar-refractivity contribution < 1.29 is 9.53 Å². The Morgan fingerprint density at radius 3 is 2.43 bits per heavy atom. The van der Waals surface area contributed by atoms with Crippen LogP contribution in [0, 0.1) is 0 Å². The monoisotopic (exact) mass is 347 g/mol. The second-order valence-electron chi connectivity index (χ2n) is 4.69. The summed E-state index contributed by atoms with van der Waals surface area (Å²) in [6.45, 7) is 2.05. The average Bonchev–Trinajstić information content (AvgIpc) is 2.53. The average molecular weight is 348 g/mol. The number of hydrogen-bond acceptors (Lipinski definition) is 2. The van der Waals surface area contributed by atoms with Crippen LogP contribution >= 0.6 is 15.9 Å². The van der Waals surface area contributed by atoms with E-state index in [9.17, 15) is 4.79 Å². The molecule has 0 bridgehead atoms. The van der Waals surface area contributed by atoms with Gasteiger partial charge in [0.25, 0.3) is 5.91 Å². The van der Waals surface area contributed by atoms with Gasteiger partial charge in [-0.3, -0.25) is 4.79 Å². The maximum Gasteiger partial charge on any atom is 0.252 e. The summed E-state index contributed by atoms with van der Waals surface area (Å²) in [6, 6.07) is 15.2. The number of nitrogens with one attached hydrogen (secondary N) is 1. The van der Waals surface area contributed by atoms with E-state index in [1.807, 2.05) is 42.5 Å². The Hall–Kier alpha value is -1.81. The molecule has 0 radical (unpaired) electrons. The van der Waals surface area contributed by atoms with Crippen LogP contribution in [0.3, 0.4) is 0 Å². The van der Waals surface area contributed by atoms with Gasteiger partial charge in [-0.2, -0.15) is 0 Å². The summed E-state index contributed by atoms with van der Waals surface area (Å²) >= 11 is 3.41. The van der Waals surface area contributed by atoms with Crippen LogP contribution in [-0.4, -0.2) is 13.0 Å². The Bertz CT molecular complexity index is 610. The molecule has 4 heteroatoms. The second-order valence-corrected chi connectivity index (χ2v) is 5.54. The van der Waals surface area contributed by atoms with Gasteiger partial charge in [-0.15, -0.1) is 0 Å². The fraction of sp³-hybridized carbons (Fsp3) is 0.235. The Labute approximate surface area is 133 Å². The lowest BCUT2D eigenvalue weighted by atomic mass is 10.0. The maximum atomic E-state index is 12.4. The van der Waals surface area contributed by atoms with E-state index in [2.05, 4.69) is 28.2 Å². The minimum atomic E-state index is -0.0786. The zero-order valence-corrected chi connectivity index (χ0v) is 13.7. The molecule has 0 aliphatic rings. The van der Waals surface area contributed by atoms with Crippen LogP contribution in [0.5, 0.6) is 5.75 Å². The first-order valence-corrected chi connectivity index (χ1v) is 7.64. The Kier molecular flexibility index (Phi) is 5.39. The number of hydrogen-bond donors (Lipinski definition) is 1. The van der Waals surface area contributed by atoms with Gasteiger partial charge in [-0.1, -0.05) is 31.2 Å². The minimum absolute atomic E-state index is 0.0180. The van der Waals surface area contributed by atoms with Crippen molar-refractivity contribution in [1.29, 1.82) is 0 Å². The molecule has 0 aliphatic carbocycles. The molecule has 3 nitrogen and oxygen atoms in total. The van der Waals surface area contributed by atoms with E-state index >= 15 is 0 Å². The number of ether oxygens (including phenoxy) is 1. The molecular formula is C17H18BrNO2. The third-order valence-electron chi connectivity index (χ3n) is 3.35. The van der Waals surface area contributed by atoms with Gasteiger partial charge in [0.05, 0.1) is 18.7 Å². The standard InChI is InChI=1S/C17H18BrNO2/c1-3-16(12-8-10-13(21-2)11-9-12)19-17(20)14-6-4-5-7-15(14)18/h4-11,16H,3H2,1-2H3,(H,19,20)/t16-/m0/s1. The number of carbonyl (C=O) groups is 1. The third kappa shape index (κ3) is 3.85. The largest absolute Gasteiger partial charge is 0.497 e. The smallest absolute Gasteiger partial charge is 0.252 e. The first-order chi connectivity index (χ1) is 10.2. The predicted molar refractivity (Wildman–Crippen MR) is 87.6 cm³/mol. The summed E-state index contributed by atoms with van der Waals surface area (Å²) in [5, 5.41) is 3.07. The van der Waals surface area contributed by atoms with Crippen molar-refractivity contribution in [2.75, 3.05) is 7.11 Å². The number of amides is 1. The fourth-order valence-corrected chi connectivity index (χ4v) is 2.60. The van der Waals surface area contributed by atoms with Crippen LogP contribution < -0.4 is 10.1 Å². The van der Waals surface area contributed by atoms with Crippen LogP contribution in [0.4, 0.5) is 0 Å². The van der Waals surface area contributed by atoms with Gasteiger partial charge in [-0.05, 0) is 52.2 Å². The highest BCUT2D eigenvalue weighted by molar-refractivity contribution is 9.10.